The SMILES string of the molecule is CCC1CC2CCCC(c3noc([C@H](CCCCN(C)C)NC(=O)[C@H](Cc4c(C)cc(O)cc4C)NC(=O)[C@H](N)CCCn4ccnc4N)n3)(C1)C2. The van der Waals surface area contributed by atoms with Crippen molar-refractivity contribution in [2.45, 2.75) is 134 Å². The van der Waals surface area contributed by atoms with E-state index in [1.807, 2.05) is 32.5 Å². The zero-order valence-electron chi connectivity index (χ0n) is 31.9. The van der Waals surface area contributed by atoms with E-state index in [2.05, 4.69) is 32.6 Å². The third-order valence-corrected chi connectivity index (χ3v) is 11.5. The van der Waals surface area contributed by atoms with Gasteiger partial charge < -0.3 is 41.2 Å². The Labute approximate surface area is 308 Å². The molecule has 2 bridgehead atoms. The molecule has 6 atom stereocenters. The number of anilines is 1. The number of phenolic OH excluding ortho intramolecular Hbond substituents is 1. The van der Waals surface area contributed by atoms with Gasteiger partial charge >= 0.3 is 0 Å². The van der Waals surface area contributed by atoms with E-state index in [9.17, 15) is 14.7 Å². The summed E-state index contributed by atoms with van der Waals surface area (Å²) in [6, 6.07) is 1.06. The lowest BCUT2D eigenvalue weighted by Crippen LogP contribution is -2.53. The highest BCUT2D eigenvalue weighted by molar-refractivity contribution is 5.90. The van der Waals surface area contributed by atoms with Gasteiger partial charge in [-0.15, -0.1) is 0 Å². The number of phenols is 1. The average molecular weight is 720 g/mol. The molecule has 0 aliphatic heterocycles. The zero-order valence-corrected chi connectivity index (χ0v) is 31.9. The monoisotopic (exact) mass is 719 g/mol. The summed E-state index contributed by atoms with van der Waals surface area (Å²) in [5, 5.41) is 21.0. The number of benzene rings is 1. The number of rotatable bonds is 18. The Hall–Kier alpha value is -3.97. The predicted molar refractivity (Wildman–Crippen MR) is 201 cm³/mol. The van der Waals surface area contributed by atoms with Crippen molar-refractivity contribution < 1.29 is 19.2 Å². The number of amides is 2. The number of nitrogens with one attached hydrogen (secondary N) is 2. The zero-order chi connectivity index (χ0) is 37.4. The van der Waals surface area contributed by atoms with Crippen molar-refractivity contribution in [1.29, 1.82) is 0 Å². The molecule has 2 aromatic heterocycles. The topological polar surface area (TPSA) is 190 Å². The van der Waals surface area contributed by atoms with Gasteiger partial charge in [-0.2, -0.15) is 4.98 Å². The number of aryl methyl sites for hydroxylation is 3. The van der Waals surface area contributed by atoms with Gasteiger partial charge in [-0.05, 0) is 133 Å². The molecule has 2 aliphatic carbocycles. The van der Waals surface area contributed by atoms with Gasteiger partial charge in [-0.1, -0.05) is 31.3 Å². The van der Waals surface area contributed by atoms with Crippen molar-refractivity contribution in [2.75, 3.05) is 26.4 Å². The highest BCUT2D eigenvalue weighted by Gasteiger charge is 2.47. The maximum Gasteiger partial charge on any atom is 0.249 e. The van der Waals surface area contributed by atoms with Crippen LogP contribution in [0.3, 0.4) is 0 Å². The molecule has 2 heterocycles. The number of hydrogen-bond acceptors (Lipinski definition) is 10. The van der Waals surface area contributed by atoms with Gasteiger partial charge in [-0.25, -0.2) is 4.98 Å². The molecule has 3 aromatic rings. The summed E-state index contributed by atoms with van der Waals surface area (Å²) in [6.07, 6.45) is 15.2. The van der Waals surface area contributed by atoms with Crippen molar-refractivity contribution in [3.8, 4) is 5.75 Å². The number of nitrogen functional groups attached to an aromatic ring is 1. The quantitative estimate of drug-likeness (QED) is 0.114. The number of nitrogens with zero attached hydrogens (tertiary/aromatic N) is 5. The van der Waals surface area contributed by atoms with Crippen LogP contribution < -0.4 is 22.1 Å². The molecule has 2 amide bonds. The second-order valence-electron chi connectivity index (χ2n) is 15.8. The maximum atomic E-state index is 14.4. The van der Waals surface area contributed by atoms with Gasteiger partial charge in [0.05, 0.1) is 6.04 Å². The van der Waals surface area contributed by atoms with E-state index < -0.39 is 24.0 Å². The second-order valence-corrected chi connectivity index (χ2v) is 15.8. The summed E-state index contributed by atoms with van der Waals surface area (Å²) < 4.78 is 7.84. The standard InChI is InChI=1S/C39H61N9O4/c1-6-27-21-28-11-9-14-39(23-27,24-28)37-45-36(52-46-37)32(13-7-8-16-47(4)5)43-35(51)33(22-30-25(2)19-29(49)20-26(30)3)44-34(50)31(40)12-10-17-48-18-15-42-38(48)41/h15,18-20,27-28,31-33,49H,6-14,16-17,21-24,40H2,1-5H3,(H2,41,42)(H,43,51)(H,44,50)/t27?,28?,31-,32+,33+,39?/m1/s1. The minimum Gasteiger partial charge on any atom is -0.508 e. The molecule has 5 rings (SSSR count). The van der Waals surface area contributed by atoms with E-state index in [1.165, 1.54) is 19.3 Å². The molecule has 0 spiro atoms. The van der Waals surface area contributed by atoms with E-state index in [0.717, 1.165) is 67.6 Å². The van der Waals surface area contributed by atoms with Crippen LogP contribution in [0.5, 0.6) is 5.75 Å². The predicted octanol–water partition coefficient (Wildman–Crippen LogP) is 4.84. The average Bonchev–Trinajstić information content (AvgIpc) is 3.76. The Morgan fingerprint density at radius 3 is 2.58 bits per heavy atom. The van der Waals surface area contributed by atoms with Gasteiger partial charge in [0, 0.05) is 30.8 Å². The van der Waals surface area contributed by atoms with Crippen molar-refractivity contribution in [2.24, 2.45) is 17.6 Å². The fraction of sp³-hybridized carbons (Fsp3) is 0.667. The summed E-state index contributed by atoms with van der Waals surface area (Å²) in [5.74, 6) is 2.35. The Balaban J connectivity index is 1.36. The highest BCUT2D eigenvalue weighted by Crippen LogP contribution is 2.52. The van der Waals surface area contributed by atoms with Crippen LogP contribution in [-0.2, 0) is 28.0 Å². The first kappa shape index (κ1) is 39.2. The fourth-order valence-corrected chi connectivity index (χ4v) is 8.61. The molecule has 2 aliphatic rings. The van der Waals surface area contributed by atoms with Gasteiger partial charge in [0.25, 0.3) is 0 Å². The lowest BCUT2D eigenvalue weighted by atomic mass is 9.58. The van der Waals surface area contributed by atoms with E-state index >= 15 is 0 Å². The van der Waals surface area contributed by atoms with Crippen LogP contribution in [0.1, 0.15) is 118 Å². The van der Waals surface area contributed by atoms with Crippen LogP contribution in [0.15, 0.2) is 29.0 Å². The summed E-state index contributed by atoms with van der Waals surface area (Å²) in [4.78, 5) is 39.1. The molecule has 286 valence electrons. The molecule has 2 saturated carbocycles. The molecule has 0 saturated heterocycles. The van der Waals surface area contributed by atoms with Crippen molar-refractivity contribution >= 4 is 17.8 Å². The molecule has 7 N–H and O–H groups in total. The molecular weight excluding hydrogens is 658 g/mol. The third kappa shape index (κ3) is 9.91. The van der Waals surface area contributed by atoms with Gasteiger partial charge in [0.1, 0.15) is 17.8 Å². The van der Waals surface area contributed by atoms with Crippen LogP contribution in [0.25, 0.3) is 0 Å². The molecule has 3 unspecified atom stereocenters. The number of carbonyl (C=O) groups is 2. The number of carbonyl (C=O) groups excluding carboxylic acids is 2. The van der Waals surface area contributed by atoms with Crippen LogP contribution >= 0.6 is 0 Å². The van der Waals surface area contributed by atoms with Crippen LogP contribution in [0.4, 0.5) is 5.95 Å². The number of nitrogens with two attached hydrogens (primary N) is 2. The summed E-state index contributed by atoms with van der Waals surface area (Å²) in [7, 11) is 4.10. The molecule has 1 aromatic carbocycles. The number of fused-ring (bicyclic) bond motifs is 2. The Bertz CT molecular complexity index is 1610. The normalized spacial score (nSPS) is 21.8. The number of aromatic nitrogens is 4. The summed E-state index contributed by atoms with van der Waals surface area (Å²) in [5.41, 5.74) is 14.7. The molecule has 52 heavy (non-hydrogen) atoms. The Morgan fingerprint density at radius 1 is 1.12 bits per heavy atom. The van der Waals surface area contributed by atoms with E-state index in [4.69, 9.17) is 21.0 Å². The molecule has 13 heteroatoms. The maximum absolute atomic E-state index is 14.4. The number of imidazole rings is 1. The van der Waals surface area contributed by atoms with Gasteiger partial charge in [-0.3, -0.25) is 9.59 Å². The molecular formula is C39H61N9O4. The fourth-order valence-electron chi connectivity index (χ4n) is 8.61. The van der Waals surface area contributed by atoms with E-state index in [1.54, 1.807) is 24.5 Å². The first-order valence-corrected chi connectivity index (χ1v) is 19.3. The van der Waals surface area contributed by atoms with Crippen LogP contribution in [0, 0.1) is 25.7 Å². The van der Waals surface area contributed by atoms with Gasteiger partial charge in [0.15, 0.2) is 11.8 Å². The van der Waals surface area contributed by atoms with Gasteiger partial charge in [0.2, 0.25) is 17.7 Å². The Kier molecular flexibility index (Phi) is 13.4. The van der Waals surface area contributed by atoms with Crippen LogP contribution in [-0.4, -0.2) is 74.2 Å². The molecule has 13 nitrogen and oxygen atoms in total. The van der Waals surface area contributed by atoms with Crippen LogP contribution in [0.2, 0.25) is 0 Å². The van der Waals surface area contributed by atoms with E-state index in [-0.39, 0.29) is 23.5 Å². The lowest BCUT2D eigenvalue weighted by molar-refractivity contribution is -0.130. The summed E-state index contributed by atoms with van der Waals surface area (Å²) in [6.45, 7) is 7.56. The third-order valence-electron chi connectivity index (χ3n) is 11.5. The number of unbranched alkanes of at least 4 members (excludes halogenated alkanes) is 1. The largest absolute Gasteiger partial charge is 0.508 e. The Morgan fingerprint density at radius 2 is 1.88 bits per heavy atom. The number of hydrogen-bond donors (Lipinski definition) is 5. The molecule has 0 radical (unpaired) electrons. The molecule has 2 fully saturated rings. The first-order valence-electron chi connectivity index (χ1n) is 19.3. The minimum absolute atomic E-state index is 0.0762. The van der Waals surface area contributed by atoms with Crippen molar-refractivity contribution in [3.63, 3.8) is 0 Å². The number of aromatic hydroxyl groups is 1. The lowest BCUT2D eigenvalue weighted by Gasteiger charge is -2.46. The van der Waals surface area contributed by atoms with Crippen molar-refractivity contribution in [3.05, 3.63) is 52.9 Å². The minimum atomic E-state index is -0.933. The smallest absolute Gasteiger partial charge is 0.249 e. The highest BCUT2D eigenvalue weighted by atomic mass is 16.5. The van der Waals surface area contributed by atoms with Crippen molar-refractivity contribution in [1.82, 2.24) is 35.2 Å². The second kappa shape index (κ2) is 17.7. The first-order chi connectivity index (χ1) is 24.9. The van der Waals surface area contributed by atoms with E-state index in [0.29, 0.717) is 49.5 Å². The summed E-state index contributed by atoms with van der Waals surface area (Å²) >= 11 is 0.